The highest BCUT2D eigenvalue weighted by Gasteiger charge is 2.24. The molecule has 7 heteroatoms. The summed E-state index contributed by atoms with van der Waals surface area (Å²) in [7, 11) is 0. The highest BCUT2D eigenvalue weighted by molar-refractivity contribution is 5.88. The van der Waals surface area contributed by atoms with Gasteiger partial charge in [-0.25, -0.2) is 13.8 Å². The van der Waals surface area contributed by atoms with Crippen LogP contribution in [0.1, 0.15) is 13.8 Å². The summed E-state index contributed by atoms with van der Waals surface area (Å²) >= 11 is 0. The lowest BCUT2D eigenvalue weighted by Gasteiger charge is -2.10. The number of esters is 1. The Morgan fingerprint density at radius 3 is 2.83 bits per heavy atom. The second kappa shape index (κ2) is 6.43. The van der Waals surface area contributed by atoms with Crippen molar-refractivity contribution in [3.8, 4) is 11.6 Å². The average molecular weight is 334 g/mol. The van der Waals surface area contributed by atoms with E-state index < -0.39 is 17.6 Å². The first-order valence-corrected chi connectivity index (χ1v) is 7.50. The Morgan fingerprint density at radius 1 is 1.38 bits per heavy atom. The van der Waals surface area contributed by atoms with Gasteiger partial charge in [0.2, 0.25) is 5.89 Å². The predicted molar refractivity (Wildman–Crippen MR) is 83.1 cm³/mol. The van der Waals surface area contributed by atoms with Crippen LogP contribution in [0.4, 0.5) is 8.78 Å². The maximum absolute atomic E-state index is 14.8. The van der Waals surface area contributed by atoms with Gasteiger partial charge in [0.1, 0.15) is 24.3 Å². The largest absolute Gasteiger partial charge is 0.464 e. The van der Waals surface area contributed by atoms with E-state index in [-0.39, 0.29) is 36.0 Å². The highest BCUT2D eigenvalue weighted by Crippen LogP contribution is 2.32. The summed E-state index contributed by atoms with van der Waals surface area (Å²) in [6.45, 7) is 3.87. The number of nitrogens with zero attached hydrogens (tertiary/aromatic N) is 2. The van der Waals surface area contributed by atoms with Crippen LogP contribution in [0.25, 0.3) is 22.5 Å². The molecule has 0 spiro atoms. The van der Waals surface area contributed by atoms with Crippen molar-refractivity contribution in [3.05, 3.63) is 42.3 Å². The number of hydrogen-bond acceptors (Lipinski definition) is 4. The number of carbonyl (C=O) groups is 1. The molecule has 126 valence electrons. The van der Waals surface area contributed by atoms with Crippen molar-refractivity contribution in [1.29, 1.82) is 0 Å². The molecule has 2 heterocycles. The summed E-state index contributed by atoms with van der Waals surface area (Å²) in [4.78, 5) is 16.0. The van der Waals surface area contributed by atoms with Crippen molar-refractivity contribution in [3.63, 3.8) is 0 Å². The number of aromatic nitrogens is 2. The van der Waals surface area contributed by atoms with E-state index >= 15 is 0 Å². The van der Waals surface area contributed by atoms with Gasteiger partial charge < -0.3 is 13.7 Å². The Morgan fingerprint density at radius 2 is 2.17 bits per heavy atom. The smallest absolute Gasteiger partial charge is 0.325 e. The number of halogens is 2. The molecule has 5 nitrogen and oxygen atoms in total. The lowest BCUT2D eigenvalue weighted by atomic mass is 10.2. The lowest BCUT2D eigenvalue weighted by molar-refractivity contribution is -0.145. The highest BCUT2D eigenvalue weighted by atomic mass is 19.1. The number of oxazole rings is 1. The molecule has 0 N–H and O–H groups in total. The van der Waals surface area contributed by atoms with E-state index in [1.807, 2.05) is 13.8 Å². The molecule has 24 heavy (non-hydrogen) atoms. The van der Waals surface area contributed by atoms with Gasteiger partial charge >= 0.3 is 5.97 Å². The van der Waals surface area contributed by atoms with E-state index in [0.29, 0.717) is 5.52 Å². The quantitative estimate of drug-likeness (QED) is 0.667. The van der Waals surface area contributed by atoms with E-state index in [1.165, 1.54) is 29.2 Å². The monoisotopic (exact) mass is 334 g/mol. The van der Waals surface area contributed by atoms with Gasteiger partial charge in [-0.2, -0.15) is 0 Å². The number of fused-ring (bicyclic) bond motifs is 1. The summed E-state index contributed by atoms with van der Waals surface area (Å²) in [6, 6.07) is 3.69. The molecule has 0 saturated carbocycles. The number of carbonyl (C=O) groups excluding carboxylic acids is 1. The summed E-state index contributed by atoms with van der Waals surface area (Å²) in [5, 5.41) is 0.0554. The maximum Gasteiger partial charge on any atom is 0.325 e. The molecule has 0 atom stereocenters. The SMILES string of the molecule is CC(C)COC(=O)Cn1c(-c2ncco2)c(F)c2cc(F)ccc21. The van der Waals surface area contributed by atoms with E-state index in [2.05, 4.69) is 4.98 Å². The molecule has 3 aromatic rings. The van der Waals surface area contributed by atoms with Crippen molar-refractivity contribution in [2.45, 2.75) is 20.4 Å². The molecule has 0 saturated heterocycles. The van der Waals surface area contributed by atoms with Gasteiger partial charge in [0.05, 0.1) is 18.3 Å². The molecular weight excluding hydrogens is 318 g/mol. The molecule has 3 rings (SSSR count). The minimum Gasteiger partial charge on any atom is -0.464 e. The number of benzene rings is 1. The van der Waals surface area contributed by atoms with E-state index in [9.17, 15) is 13.6 Å². The molecule has 0 bridgehead atoms. The summed E-state index contributed by atoms with van der Waals surface area (Å²) in [6.07, 6.45) is 2.67. The molecule has 0 unspecified atom stereocenters. The molecule has 0 aliphatic rings. The minimum atomic E-state index is -0.691. The number of rotatable bonds is 5. The van der Waals surface area contributed by atoms with Gasteiger partial charge in [-0.15, -0.1) is 0 Å². The topological polar surface area (TPSA) is 57.3 Å². The first-order chi connectivity index (χ1) is 11.5. The van der Waals surface area contributed by atoms with E-state index in [4.69, 9.17) is 9.15 Å². The van der Waals surface area contributed by atoms with E-state index in [0.717, 1.165) is 6.07 Å². The normalized spacial score (nSPS) is 11.4. The molecule has 1 aromatic carbocycles. The van der Waals surface area contributed by atoms with Crippen LogP contribution in [-0.4, -0.2) is 22.1 Å². The van der Waals surface area contributed by atoms with Crippen molar-refractivity contribution in [2.24, 2.45) is 5.92 Å². The second-order valence-electron chi connectivity index (χ2n) is 5.82. The fourth-order valence-electron chi connectivity index (χ4n) is 2.43. The van der Waals surface area contributed by atoms with Gasteiger partial charge in [0.25, 0.3) is 0 Å². The number of hydrogen-bond donors (Lipinski definition) is 0. The van der Waals surface area contributed by atoms with Crippen molar-refractivity contribution in [2.75, 3.05) is 6.61 Å². The Balaban J connectivity index is 2.07. The van der Waals surface area contributed by atoms with Crippen LogP contribution in [0.5, 0.6) is 0 Å². The van der Waals surface area contributed by atoms with Crippen LogP contribution in [0, 0.1) is 17.6 Å². The fraction of sp³-hybridized carbons (Fsp3) is 0.294. The predicted octanol–water partition coefficient (Wildman–Crippen LogP) is 3.77. The van der Waals surface area contributed by atoms with Crippen LogP contribution in [-0.2, 0) is 16.1 Å². The Labute approximate surface area is 136 Å². The molecule has 0 aliphatic heterocycles. The standard InChI is InChI=1S/C17H16F2N2O3/c1-10(2)9-24-14(22)8-21-13-4-3-11(18)7-12(13)15(19)16(21)17-20-5-6-23-17/h3-7,10H,8-9H2,1-2H3. The second-order valence-corrected chi connectivity index (χ2v) is 5.82. The van der Waals surface area contributed by atoms with E-state index in [1.54, 1.807) is 0 Å². The first-order valence-electron chi connectivity index (χ1n) is 7.50. The summed E-state index contributed by atoms with van der Waals surface area (Å²) in [5.41, 5.74) is 0.352. The van der Waals surface area contributed by atoms with Crippen molar-refractivity contribution >= 4 is 16.9 Å². The fourth-order valence-corrected chi connectivity index (χ4v) is 2.43. The van der Waals surface area contributed by atoms with Gasteiger partial charge in [-0.3, -0.25) is 4.79 Å². The van der Waals surface area contributed by atoms with Crippen LogP contribution in [0.15, 0.2) is 35.1 Å². The molecule has 0 aliphatic carbocycles. The van der Waals surface area contributed by atoms with Gasteiger partial charge in [-0.05, 0) is 24.1 Å². The third kappa shape index (κ3) is 3.02. The Hall–Kier alpha value is -2.70. The van der Waals surface area contributed by atoms with Crippen LogP contribution < -0.4 is 0 Å². The minimum absolute atomic E-state index is 0.0119. The maximum atomic E-state index is 14.8. The summed E-state index contributed by atoms with van der Waals surface area (Å²) < 4.78 is 39.9. The third-order valence-corrected chi connectivity index (χ3v) is 3.46. The van der Waals surface area contributed by atoms with Gasteiger partial charge in [0, 0.05) is 5.39 Å². The lowest BCUT2D eigenvalue weighted by Crippen LogP contribution is -2.17. The van der Waals surface area contributed by atoms with Crippen LogP contribution >= 0.6 is 0 Å². The molecule has 0 fully saturated rings. The zero-order valence-electron chi connectivity index (χ0n) is 13.3. The van der Waals surface area contributed by atoms with Crippen molar-refractivity contribution in [1.82, 2.24) is 9.55 Å². The zero-order valence-corrected chi connectivity index (χ0v) is 13.3. The van der Waals surface area contributed by atoms with Crippen molar-refractivity contribution < 1.29 is 22.7 Å². The Bertz CT molecular complexity index is 870. The molecule has 2 aromatic heterocycles. The molecule has 0 amide bonds. The summed E-state index contributed by atoms with van der Waals surface area (Å²) in [5.74, 6) is -1.57. The average Bonchev–Trinajstić information content (AvgIpc) is 3.13. The first kappa shape index (κ1) is 16.2. The van der Waals surface area contributed by atoms with Crippen LogP contribution in [0.2, 0.25) is 0 Å². The van der Waals surface area contributed by atoms with Gasteiger partial charge in [-0.1, -0.05) is 13.8 Å². The molecular formula is C17H16F2N2O3. The molecule has 0 radical (unpaired) electrons. The Kier molecular flexibility index (Phi) is 4.33. The third-order valence-electron chi connectivity index (χ3n) is 3.46. The zero-order chi connectivity index (χ0) is 17.3. The number of ether oxygens (including phenoxy) is 1. The van der Waals surface area contributed by atoms with Crippen LogP contribution in [0.3, 0.4) is 0 Å². The van der Waals surface area contributed by atoms with Gasteiger partial charge in [0.15, 0.2) is 5.82 Å².